The van der Waals surface area contributed by atoms with Crippen molar-refractivity contribution in [2.45, 2.75) is 25.1 Å². The number of phenolic OH excluding ortho intramolecular Hbond substituents is 1. The van der Waals surface area contributed by atoms with Crippen molar-refractivity contribution in [1.82, 2.24) is 55.7 Å². The Balaban J connectivity index is 0.000000352. The monoisotopic (exact) mass is 1540 g/mol. The van der Waals surface area contributed by atoms with E-state index in [4.69, 9.17) is 65.2 Å². The maximum absolute atomic E-state index is 12.8. The second-order valence-corrected chi connectivity index (χ2v) is 21.3. The standard InChI is InChI=1S/C23H21ClF3N5O2.C18H10ClF3N2O2.C12H9NO2.C6H2ClF4N.C5H11N3O.CH2O3.2K.H/c24-19-12-16(23(25,26)27)13-30-21(19)34-18-6-4-15(5-7-18)20-3-1-2-17(31-20)14-28-8-10-32-11-9-29-22(32)33;19-15-8-12(18(20,21)22)9-23-17(15)26-14-6-4-11(5-7-14)16-3-1-2-13(10-25)24-16;14-8-10-2-1-3-12(13-10)9-4-6-11(15)7-5-9;7-4-1-3(6(9,10)11)2-12-5(4)8;6-1-3-8-4-2-7-5(8)9;2-1-4-3;;;/h1-7,12-13,28H,8-11,14H2,(H,29,33);1-10H;1-8,15H;1-2H;1-4,6H2,(H,7,9);1,3H;;;/q;;;;;;2*+1;-1/p-1. The molecule has 2 aliphatic rings. The minimum Gasteiger partial charge on any atom is -1.00 e. The summed E-state index contributed by atoms with van der Waals surface area (Å²) in [6.07, 6.45) is -10.5. The van der Waals surface area contributed by atoms with Crippen LogP contribution in [0.15, 0.2) is 164 Å². The van der Waals surface area contributed by atoms with Crippen LogP contribution in [-0.4, -0.2) is 128 Å². The molecule has 2 saturated heterocycles. The van der Waals surface area contributed by atoms with Crippen LogP contribution in [-0.2, 0) is 34.8 Å². The summed E-state index contributed by atoms with van der Waals surface area (Å²) in [5.74, 6) is -0.417. The molecule has 0 aliphatic carbocycles. The average molecular weight is 1540 g/mol. The largest absolute Gasteiger partial charge is 1.00 e. The summed E-state index contributed by atoms with van der Waals surface area (Å²) in [4.78, 5) is 81.4. The Kier molecular flexibility index (Phi) is 36.7. The number of benzene rings is 3. The first-order valence-corrected chi connectivity index (χ1v) is 29.9. The number of nitrogens with zero attached hydrogens (tertiary/aromatic N) is 8. The number of carbonyl (C=O) groups excluding carboxylic acids is 5. The summed E-state index contributed by atoms with van der Waals surface area (Å²) in [6.45, 7) is 5.85. The van der Waals surface area contributed by atoms with Gasteiger partial charge in [-0.1, -0.05) is 53.0 Å². The fourth-order valence-electron chi connectivity index (χ4n) is 8.26. The van der Waals surface area contributed by atoms with Crippen molar-refractivity contribution in [3.05, 3.63) is 219 Å². The smallest absolute Gasteiger partial charge is 1.00 e. The Labute approximate surface area is 675 Å². The minimum absolute atomic E-state index is 0. The Bertz CT molecular complexity index is 4200. The maximum atomic E-state index is 12.8. The Morgan fingerprint density at radius 2 is 0.951 bits per heavy atom. The molecular weight excluding hydrogens is 1480 g/mol. The van der Waals surface area contributed by atoms with E-state index < -0.39 is 46.2 Å². The van der Waals surface area contributed by atoms with Gasteiger partial charge in [0.05, 0.1) is 44.5 Å². The number of aromatic nitrogens is 6. The number of urea groups is 2. The molecule has 0 unspecified atom stereocenters. The van der Waals surface area contributed by atoms with E-state index in [1.165, 1.54) is 0 Å². The number of rotatable bonds is 17. The topological polar surface area (TPSA) is 302 Å². The van der Waals surface area contributed by atoms with Gasteiger partial charge in [-0.25, -0.2) is 34.5 Å². The number of ether oxygens (including phenoxy) is 2. The number of amides is 4. The molecule has 8 heterocycles. The first-order valence-electron chi connectivity index (χ1n) is 28.8. The van der Waals surface area contributed by atoms with Crippen molar-refractivity contribution in [2.24, 2.45) is 5.73 Å². The molecule has 4 amide bonds. The van der Waals surface area contributed by atoms with Gasteiger partial charge in [-0.3, -0.25) is 19.4 Å². The van der Waals surface area contributed by atoms with E-state index in [0.29, 0.717) is 105 Å². The zero-order chi connectivity index (χ0) is 73.0. The summed E-state index contributed by atoms with van der Waals surface area (Å²) in [5, 5.41) is 25.2. The second kappa shape index (κ2) is 43.0. The van der Waals surface area contributed by atoms with Crippen LogP contribution in [0.25, 0.3) is 33.8 Å². The summed E-state index contributed by atoms with van der Waals surface area (Å²) in [7, 11) is 0. The van der Waals surface area contributed by atoms with Crippen molar-refractivity contribution < 1.29 is 197 Å². The third-order valence-corrected chi connectivity index (χ3v) is 13.9. The molecule has 37 heteroatoms. The minimum atomic E-state index is -4.54. The van der Waals surface area contributed by atoms with Gasteiger partial charge in [0.15, 0.2) is 12.6 Å². The molecule has 2 aliphatic heterocycles. The summed E-state index contributed by atoms with van der Waals surface area (Å²) < 4.78 is 135. The third kappa shape index (κ3) is 28.7. The van der Waals surface area contributed by atoms with E-state index in [1.54, 1.807) is 113 Å². The number of nitrogens with one attached hydrogen (secondary N) is 3. The van der Waals surface area contributed by atoms with Crippen LogP contribution >= 0.6 is 34.8 Å². The summed E-state index contributed by atoms with van der Waals surface area (Å²) in [6, 6.07) is 38.2. The SMILES string of the molecule is Fc1ncc(C(F)(F)F)cc1Cl.NCCN1CCNC1=O.O=C1NCCN1CCNCc1cccc(-c2ccc(Oc3ncc(C(F)(F)F)cc3Cl)cc2)n1.O=CO[O-].O=Cc1cccc(-c2ccc(O)cc2)n1.O=Cc1cccc(-c2ccc(Oc3ncc(C(F)(F)F)cc3Cl)cc2)n1.[H-].[K+].[K+]. The number of alkyl halides is 9. The van der Waals surface area contributed by atoms with E-state index in [2.05, 4.69) is 50.7 Å². The number of hydrogen-bond donors (Lipinski definition) is 5. The molecule has 0 radical (unpaired) electrons. The predicted molar refractivity (Wildman–Crippen MR) is 343 cm³/mol. The fraction of sp³-hybridized carbons (Fsp3) is 0.185. The molecule has 22 nitrogen and oxygen atoms in total. The molecule has 0 atom stereocenters. The van der Waals surface area contributed by atoms with Crippen molar-refractivity contribution in [3.63, 3.8) is 0 Å². The number of halogens is 13. The Morgan fingerprint density at radius 3 is 1.31 bits per heavy atom. The van der Waals surface area contributed by atoms with E-state index >= 15 is 0 Å². The first-order chi connectivity index (χ1) is 47.6. The summed E-state index contributed by atoms with van der Waals surface area (Å²) in [5.41, 5.74) is 8.40. The van der Waals surface area contributed by atoms with Gasteiger partial charge >= 0.3 is 133 Å². The van der Waals surface area contributed by atoms with Gasteiger partial charge in [-0.15, -0.1) is 0 Å². The van der Waals surface area contributed by atoms with Crippen LogP contribution in [0.5, 0.6) is 29.0 Å². The van der Waals surface area contributed by atoms with Crippen molar-refractivity contribution in [1.29, 1.82) is 0 Å². The zero-order valence-electron chi connectivity index (χ0n) is 54.4. The average Bonchev–Trinajstić information content (AvgIpc) is 1.35. The Morgan fingerprint density at radius 1 is 0.569 bits per heavy atom. The van der Waals surface area contributed by atoms with E-state index in [1.807, 2.05) is 24.3 Å². The second-order valence-electron chi connectivity index (χ2n) is 20.1. The summed E-state index contributed by atoms with van der Waals surface area (Å²) >= 11 is 16.8. The van der Waals surface area contributed by atoms with Crippen LogP contribution in [0, 0.1) is 5.95 Å². The van der Waals surface area contributed by atoms with Crippen LogP contribution in [0.4, 0.5) is 53.5 Å². The van der Waals surface area contributed by atoms with E-state index in [0.717, 1.165) is 65.5 Å². The van der Waals surface area contributed by atoms with Gasteiger partial charge in [0.1, 0.15) is 38.7 Å². The normalized spacial score (nSPS) is 12.1. The number of aromatic hydroxyl groups is 1. The number of hydrogen-bond acceptors (Lipinski definition) is 18. The van der Waals surface area contributed by atoms with Gasteiger partial charge in [0, 0.05) is 94.2 Å². The van der Waals surface area contributed by atoms with Crippen molar-refractivity contribution >= 4 is 65.9 Å². The van der Waals surface area contributed by atoms with Gasteiger partial charge in [0.2, 0.25) is 17.7 Å². The molecule has 6 aromatic heterocycles. The molecule has 2 fully saturated rings. The van der Waals surface area contributed by atoms with Crippen molar-refractivity contribution in [2.75, 3.05) is 52.4 Å². The fourth-order valence-corrected chi connectivity index (χ4v) is 8.84. The molecular formula is C65H55Cl3F10K2N12O10. The van der Waals surface area contributed by atoms with Crippen LogP contribution in [0.3, 0.4) is 0 Å². The molecule has 0 saturated carbocycles. The van der Waals surface area contributed by atoms with Gasteiger partial charge in [-0.2, -0.15) is 43.9 Å². The Hall–Kier alpha value is -7.37. The number of phenols is 1. The van der Waals surface area contributed by atoms with Crippen molar-refractivity contribution in [3.8, 4) is 62.8 Å². The van der Waals surface area contributed by atoms with E-state index in [9.17, 15) is 63.1 Å². The van der Waals surface area contributed by atoms with Gasteiger partial charge in [0.25, 0.3) is 6.47 Å². The maximum Gasteiger partial charge on any atom is 1.00 e. The number of pyridine rings is 6. The van der Waals surface area contributed by atoms with Gasteiger partial charge < -0.3 is 57.6 Å². The quantitative estimate of drug-likeness (QED) is 0.0119. The molecule has 3 aromatic carbocycles. The van der Waals surface area contributed by atoms with E-state index in [-0.39, 0.29) is 150 Å². The van der Waals surface area contributed by atoms with Crippen LogP contribution in [0.1, 0.15) is 44.8 Å². The first kappa shape index (κ1) is 87.0. The molecule has 6 N–H and O–H groups in total. The number of aldehydes is 2. The van der Waals surface area contributed by atoms with Crippen LogP contribution < -0.4 is 139 Å². The molecule has 9 aromatic rings. The number of carbonyl (C=O) groups is 5. The number of nitrogens with two attached hydrogens (primary N) is 1. The molecule has 0 bridgehead atoms. The molecule has 528 valence electrons. The molecule has 11 rings (SSSR count). The van der Waals surface area contributed by atoms with Gasteiger partial charge in [-0.05, 0) is 127 Å². The third-order valence-electron chi connectivity index (χ3n) is 13.1. The molecule has 102 heavy (non-hydrogen) atoms. The zero-order valence-corrected chi connectivity index (χ0v) is 61.9. The molecule has 0 spiro atoms. The predicted octanol–water partition coefficient (Wildman–Crippen LogP) is 6.83. The van der Waals surface area contributed by atoms with Crippen LogP contribution in [0.2, 0.25) is 15.1 Å².